The van der Waals surface area contributed by atoms with Crippen molar-refractivity contribution in [3.8, 4) is 0 Å². The van der Waals surface area contributed by atoms with E-state index in [0.29, 0.717) is 11.6 Å². The minimum atomic E-state index is 0.697. The molecule has 0 aliphatic rings. The van der Waals surface area contributed by atoms with E-state index in [1.54, 1.807) is 0 Å². The second kappa shape index (κ2) is 7.40. The number of nitrogens with one attached hydrogen (secondary N) is 2. The number of nitrogens with zero attached hydrogens (tertiary/aromatic N) is 3. The van der Waals surface area contributed by atoms with Gasteiger partial charge < -0.3 is 15.5 Å². The summed E-state index contributed by atoms with van der Waals surface area (Å²) in [6.07, 6.45) is 1.52. The minimum absolute atomic E-state index is 0.697. The van der Waals surface area contributed by atoms with Gasteiger partial charge in [-0.1, -0.05) is 17.7 Å². The summed E-state index contributed by atoms with van der Waals surface area (Å²) >= 11 is 6.17. The van der Waals surface area contributed by atoms with E-state index in [0.717, 1.165) is 27.6 Å². The van der Waals surface area contributed by atoms with Crippen LogP contribution in [0.25, 0.3) is 0 Å². The van der Waals surface area contributed by atoms with E-state index in [2.05, 4.69) is 37.6 Å². The summed E-state index contributed by atoms with van der Waals surface area (Å²) in [7, 11) is 4.03. The molecule has 2 aromatic carbocycles. The van der Waals surface area contributed by atoms with Gasteiger partial charge in [0, 0.05) is 42.2 Å². The third kappa shape index (κ3) is 4.39. The van der Waals surface area contributed by atoms with Crippen LogP contribution in [0, 0.1) is 6.92 Å². The van der Waals surface area contributed by atoms with Gasteiger partial charge in [-0.2, -0.15) is 0 Å². The van der Waals surface area contributed by atoms with E-state index >= 15 is 0 Å². The molecule has 3 rings (SSSR count). The first-order chi connectivity index (χ1) is 12.0. The first-order valence-corrected chi connectivity index (χ1v) is 8.29. The van der Waals surface area contributed by atoms with Gasteiger partial charge in [0.15, 0.2) is 0 Å². The Hall–Kier alpha value is -2.79. The Bertz CT molecular complexity index is 862. The Labute approximate surface area is 152 Å². The number of aryl methyl sites for hydroxylation is 1. The number of anilines is 5. The molecule has 0 aliphatic carbocycles. The van der Waals surface area contributed by atoms with Gasteiger partial charge in [0.25, 0.3) is 0 Å². The van der Waals surface area contributed by atoms with Crippen LogP contribution < -0.4 is 15.5 Å². The van der Waals surface area contributed by atoms with Gasteiger partial charge in [-0.3, -0.25) is 0 Å². The quantitative estimate of drug-likeness (QED) is 0.676. The SMILES string of the molecule is Cc1ccc(Nc2cc(Nc3ccc(N(C)C)cc3)ncn2)cc1Cl. The zero-order chi connectivity index (χ0) is 17.8. The van der Waals surface area contributed by atoms with E-state index in [4.69, 9.17) is 11.6 Å². The van der Waals surface area contributed by atoms with Crippen molar-refractivity contribution < 1.29 is 0 Å². The molecule has 0 bridgehead atoms. The molecule has 0 amide bonds. The fraction of sp³-hybridized carbons (Fsp3) is 0.158. The maximum Gasteiger partial charge on any atom is 0.135 e. The second-order valence-corrected chi connectivity index (χ2v) is 6.35. The molecule has 25 heavy (non-hydrogen) atoms. The first-order valence-electron chi connectivity index (χ1n) is 7.91. The summed E-state index contributed by atoms with van der Waals surface area (Å²) in [5, 5.41) is 7.24. The standard InChI is InChI=1S/C19H20ClN5/c1-13-4-5-15(10-17(13)20)24-19-11-18(21-12-22-19)23-14-6-8-16(9-7-14)25(2)3/h4-12H,1-3H3,(H2,21,22,23,24). The molecule has 0 saturated carbocycles. The molecule has 1 heterocycles. The van der Waals surface area contributed by atoms with Gasteiger partial charge in [-0.05, 0) is 48.9 Å². The highest BCUT2D eigenvalue weighted by atomic mass is 35.5. The Morgan fingerprint density at radius 3 is 2.04 bits per heavy atom. The van der Waals surface area contributed by atoms with Crippen molar-refractivity contribution in [2.45, 2.75) is 6.92 Å². The smallest absolute Gasteiger partial charge is 0.135 e. The minimum Gasteiger partial charge on any atom is -0.378 e. The zero-order valence-electron chi connectivity index (χ0n) is 14.4. The summed E-state index contributed by atoms with van der Waals surface area (Å²) < 4.78 is 0. The van der Waals surface area contributed by atoms with Crippen LogP contribution in [0.5, 0.6) is 0 Å². The van der Waals surface area contributed by atoms with Crippen molar-refractivity contribution in [2.24, 2.45) is 0 Å². The van der Waals surface area contributed by atoms with Crippen molar-refractivity contribution >= 4 is 40.3 Å². The number of rotatable bonds is 5. The molecular weight excluding hydrogens is 334 g/mol. The average molecular weight is 354 g/mol. The molecule has 0 atom stereocenters. The number of hydrogen-bond acceptors (Lipinski definition) is 5. The van der Waals surface area contributed by atoms with Crippen molar-refractivity contribution in [2.75, 3.05) is 29.6 Å². The monoisotopic (exact) mass is 353 g/mol. The van der Waals surface area contributed by atoms with Crippen LogP contribution in [0.3, 0.4) is 0 Å². The highest BCUT2D eigenvalue weighted by molar-refractivity contribution is 6.31. The third-order valence-electron chi connectivity index (χ3n) is 3.77. The lowest BCUT2D eigenvalue weighted by Crippen LogP contribution is -2.08. The number of halogens is 1. The lowest BCUT2D eigenvalue weighted by Gasteiger charge is -2.13. The number of hydrogen-bond donors (Lipinski definition) is 2. The van der Waals surface area contributed by atoms with Crippen LogP contribution in [0.15, 0.2) is 54.9 Å². The zero-order valence-corrected chi connectivity index (χ0v) is 15.2. The second-order valence-electron chi connectivity index (χ2n) is 5.94. The van der Waals surface area contributed by atoms with E-state index in [1.165, 1.54) is 6.33 Å². The van der Waals surface area contributed by atoms with Gasteiger partial charge in [0.05, 0.1) is 0 Å². The Morgan fingerprint density at radius 2 is 1.44 bits per heavy atom. The third-order valence-corrected chi connectivity index (χ3v) is 4.17. The van der Waals surface area contributed by atoms with Gasteiger partial charge in [0.1, 0.15) is 18.0 Å². The van der Waals surface area contributed by atoms with Gasteiger partial charge >= 0.3 is 0 Å². The van der Waals surface area contributed by atoms with Crippen molar-refractivity contribution in [3.63, 3.8) is 0 Å². The van der Waals surface area contributed by atoms with E-state index in [-0.39, 0.29) is 0 Å². The number of aromatic nitrogens is 2. The Morgan fingerprint density at radius 1 is 0.840 bits per heavy atom. The predicted octanol–water partition coefficient (Wildman–Crippen LogP) is 4.99. The predicted molar refractivity (Wildman–Crippen MR) is 106 cm³/mol. The van der Waals surface area contributed by atoms with Gasteiger partial charge in [-0.15, -0.1) is 0 Å². The summed E-state index contributed by atoms with van der Waals surface area (Å²) in [6.45, 7) is 1.97. The average Bonchev–Trinajstić information content (AvgIpc) is 2.59. The van der Waals surface area contributed by atoms with Crippen LogP contribution in [-0.4, -0.2) is 24.1 Å². The molecule has 0 radical (unpaired) electrons. The van der Waals surface area contributed by atoms with Crippen molar-refractivity contribution in [1.29, 1.82) is 0 Å². The lowest BCUT2D eigenvalue weighted by atomic mass is 10.2. The van der Waals surface area contributed by atoms with Crippen molar-refractivity contribution in [3.05, 3.63) is 65.4 Å². The highest BCUT2D eigenvalue weighted by Gasteiger charge is 2.03. The molecule has 0 spiro atoms. The molecule has 0 aliphatic heterocycles. The summed E-state index contributed by atoms with van der Waals surface area (Å²) in [6, 6.07) is 15.8. The molecule has 0 saturated heterocycles. The fourth-order valence-corrected chi connectivity index (χ4v) is 2.48. The normalized spacial score (nSPS) is 10.4. The fourth-order valence-electron chi connectivity index (χ4n) is 2.30. The van der Waals surface area contributed by atoms with Gasteiger partial charge in [-0.25, -0.2) is 9.97 Å². The molecule has 128 valence electrons. The Balaban J connectivity index is 1.73. The first kappa shape index (κ1) is 17.0. The van der Waals surface area contributed by atoms with Crippen LogP contribution in [0.1, 0.15) is 5.56 Å². The summed E-state index contributed by atoms with van der Waals surface area (Å²) in [5.41, 5.74) is 4.04. The summed E-state index contributed by atoms with van der Waals surface area (Å²) in [5.74, 6) is 1.41. The topological polar surface area (TPSA) is 53.1 Å². The van der Waals surface area contributed by atoms with Crippen LogP contribution in [0.4, 0.5) is 28.7 Å². The molecule has 3 aromatic rings. The number of benzene rings is 2. The Kier molecular flexibility index (Phi) is 5.05. The van der Waals surface area contributed by atoms with E-state index in [1.807, 2.05) is 57.4 Å². The van der Waals surface area contributed by atoms with Gasteiger partial charge in [0.2, 0.25) is 0 Å². The lowest BCUT2D eigenvalue weighted by molar-refractivity contribution is 1.13. The summed E-state index contributed by atoms with van der Waals surface area (Å²) in [4.78, 5) is 10.6. The van der Waals surface area contributed by atoms with E-state index in [9.17, 15) is 0 Å². The molecule has 5 nitrogen and oxygen atoms in total. The molecule has 1 aromatic heterocycles. The maximum atomic E-state index is 6.17. The molecule has 0 unspecified atom stereocenters. The van der Waals surface area contributed by atoms with Crippen molar-refractivity contribution in [1.82, 2.24) is 9.97 Å². The largest absolute Gasteiger partial charge is 0.378 e. The highest BCUT2D eigenvalue weighted by Crippen LogP contribution is 2.24. The van der Waals surface area contributed by atoms with Crippen LogP contribution in [-0.2, 0) is 0 Å². The molecule has 2 N–H and O–H groups in total. The van der Waals surface area contributed by atoms with E-state index < -0.39 is 0 Å². The van der Waals surface area contributed by atoms with Crippen LogP contribution in [0.2, 0.25) is 5.02 Å². The molecule has 0 fully saturated rings. The maximum absolute atomic E-state index is 6.17. The molecule has 6 heteroatoms. The van der Waals surface area contributed by atoms with Crippen LogP contribution >= 0.6 is 11.6 Å². The molecular formula is C19H20ClN5.